The van der Waals surface area contributed by atoms with Crippen molar-refractivity contribution in [2.75, 3.05) is 6.61 Å². The number of carbonyl (C=O) groups excluding carboxylic acids is 1. The Bertz CT molecular complexity index is 383. The van der Waals surface area contributed by atoms with Gasteiger partial charge in [-0.25, -0.2) is 4.79 Å². The van der Waals surface area contributed by atoms with Crippen LogP contribution in [0.15, 0.2) is 30.3 Å². The van der Waals surface area contributed by atoms with Crippen molar-refractivity contribution in [3.63, 3.8) is 0 Å². The number of rotatable bonds is 3. The van der Waals surface area contributed by atoms with Crippen LogP contribution < -0.4 is 0 Å². The van der Waals surface area contributed by atoms with E-state index < -0.39 is 0 Å². The predicted octanol–water partition coefficient (Wildman–Crippen LogP) is 3.31. The second-order valence-electron chi connectivity index (χ2n) is 3.09. The van der Waals surface area contributed by atoms with Crippen molar-refractivity contribution in [1.29, 1.82) is 0 Å². The summed E-state index contributed by atoms with van der Waals surface area (Å²) in [5.74, 6) is -0.324. The maximum absolute atomic E-state index is 11.2. The lowest BCUT2D eigenvalue weighted by atomic mass is 10.1. The van der Waals surface area contributed by atoms with Crippen molar-refractivity contribution in [2.24, 2.45) is 0 Å². The van der Waals surface area contributed by atoms with E-state index in [9.17, 15) is 4.79 Å². The molecular formula is C12H13ClO2. The van der Waals surface area contributed by atoms with Crippen molar-refractivity contribution in [3.05, 3.63) is 40.9 Å². The number of allylic oxidation sites excluding steroid dienone is 1. The number of esters is 1. The summed E-state index contributed by atoms with van der Waals surface area (Å²) in [6, 6.07) is 7.35. The number of carbonyl (C=O) groups is 1. The number of halogens is 1. The van der Waals surface area contributed by atoms with Gasteiger partial charge in [0.15, 0.2) is 0 Å². The van der Waals surface area contributed by atoms with E-state index >= 15 is 0 Å². The quantitative estimate of drug-likeness (QED) is 0.582. The van der Waals surface area contributed by atoms with E-state index in [2.05, 4.69) is 0 Å². The molecule has 0 aliphatic heterocycles. The van der Waals surface area contributed by atoms with Gasteiger partial charge in [0.25, 0.3) is 0 Å². The minimum atomic E-state index is -0.324. The van der Waals surface area contributed by atoms with Crippen LogP contribution in [0.25, 0.3) is 5.57 Å². The number of hydrogen-bond donors (Lipinski definition) is 0. The molecule has 0 radical (unpaired) electrons. The highest BCUT2D eigenvalue weighted by Crippen LogP contribution is 2.18. The highest BCUT2D eigenvalue weighted by atomic mass is 35.5. The second kappa shape index (κ2) is 5.56. The molecule has 0 bridgehead atoms. The van der Waals surface area contributed by atoms with Crippen LogP contribution in [0, 0.1) is 0 Å². The Morgan fingerprint density at radius 1 is 1.53 bits per heavy atom. The van der Waals surface area contributed by atoms with Crippen molar-refractivity contribution in [3.8, 4) is 0 Å². The van der Waals surface area contributed by atoms with Gasteiger partial charge in [-0.2, -0.15) is 0 Å². The normalized spacial score (nSPS) is 11.3. The fourth-order valence-corrected chi connectivity index (χ4v) is 1.37. The fourth-order valence-electron chi connectivity index (χ4n) is 1.18. The summed E-state index contributed by atoms with van der Waals surface area (Å²) in [6.07, 6.45) is 1.47. The van der Waals surface area contributed by atoms with Gasteiger partial charge in [-0.05, 0) is 37.1 Å². The first kappa shape index (κ1) is 11.8. The third-order valence-electron chi connectivity index (χ3n) is 1.90. The van der Waals surface area contributed by atoms with Gasteiger partial charge in [-0.3, -0.25) is 0 Å². The van der Waals surface area contributed by atoms with Crippen LogP contribution in [0.5, 0.6) is 0 Å². The van der Waals surface area contributed by atoms with Gasteiger partial charge in [0.05, 0.1) is 6.61 Å². The van der Waals surface area contributed by atoms with E-state index in [0.29, 0.717) is 11.6 Å². The summed E-state index contributed by atoms with van der Waals surface area (Å²) in [6.45, 7) is 4.02. The summed E-state index contributed by atoms with van der Waals surface area (Å²) in [7, 11) is 0. The molecule has 1 aromatic rings. The predicted molar refractivity (Wildman–Crippen MR) is 61.7 cm³/mol. The Balaban J connectivity index is 2.84. The van der Waals surface area contributed by atoms with Crippen molar-refractivity contribution in [1.82, 2.24) is 0 Å². The van der Waals surface area contributed by atoms with Crippen LogP contribution >= 0.6 is 11.6 Å². The van der Waals surface area contributed by atoms with E-state index in [4.69, 9.17) is 16.3 Å². The molecule has 0 aliphatic carbocycles. The molecule has 0 saturated heterocycles. The van der Waals surface area contributed by atoms with Crippen LogP contribution in [0.3, 0.4) is 0 Å². The molecule has 15 heavy (non-hydrogen) atoms. The zero-order chi connectivity index (χ0) is 11.3. The SMILES string of the molecule is CCOC(=O)/C=C(\C)c1cccc(Cl)c1. The van der Waals surface area contributed by atoms with Crippen LogP contribution in [0.1, 0.15) is 19.4 Å². The molecule has 0 fully saturated rings. The highest BCUT2D eigenvalue weighted by Gasteiger charge is 2.01. The molecule has 0 aromatic heterocycles. The standard InChI is InChI=1S/C12H13ClO2/c1-3-15-12(14)7-9(2)10-5-4-6-11(13)8-10/h4-8H,3H2,1-2H3/b9-7+. The summed E-state index contributed by atoms with van der Waals surface area (Å²) in [4.78, 5) is 11.2. The van der Waals surface area contributed by atoms with E-state index in [0.717, 1.165) is 11.1 Å². The first-order valence-electron chi connectivity index (χ1n) is 4.74. The number of ether oxygens (including phenoxy) is 1. The van der Waals surface area contributed by atoms with Gasteiger partial charge >= 0.3 is 5.97 Å². The Morgan fingerprint density at radius 3 is 2.87 bits per heavy atom. The van der Waals surface area contributed by atoms with Gasteiger partial charge < -0.3 is 4.74 Å². The Hall–Kier alpha value is -1.28. The molecule has 1 rings (SSSR count). The van der Waals surface area contributed by atoms with Gasteiger partial charge in [0, 0.05) is 11.1 Å². The van der Waals surface area contributed by atoms with Crippen LogP contribution in [0.4, 0.5) is 0 Å². The molecule has 1 aromatic carbocycles. The topological polar surface area (TPSA) is 26.3 Å². The first-order chi connectivity index (χ1) is 7.13. The second-order valence-corrected chi connectivity index (χ2v) is 3.53. The summed E-state index contributed by atoms with van der Waals surface area (Å²) < 4.78 is 4.82. The minimum absolute atomic E-state index is 0.324. The Morgan fingerprint density at radius 2 is 2.27 bits per heavy atom. The zero-order valence-corrected chi connectivity index (χ0v) is 9.54. The molecule has 0 saturated carbocycles. The monoisotopic (exact) mass is 224 g/mol. The number of benzene rings is 1. The van der Waals surface area contributed by atoms with E-state index in [1.807, 2.05) is 25.1 Å². The maximum Gasteiger partial charge on any atom is 0.331 e. The first-order valence-corrected chi connectivity index (χ1v) is 5.12. The molecule has 2 nitrogen and oxygen atoms in total. The average Bonchev–Trinajstić information content (AvgIpc) is 2.18. The smallest absolute Gasteiger partial charge is 0.331 e. The highest BCUT2D eigenvalue weighted by molar-refractivity contribution is 6.30. The van der Waals surface area contributed by atoms with Gasteiger partial charge in [-0.15, -0.1) is 0 Å². The molecule has 0 aliphatic rings. The lowest BCUT2D eigenvalue weighted by molar-refractivity contribution is -0.137. The largest absolute Gasteiger partial charge is 0.463 e. The molecule has 0 amide bonds. The molecule has 80 valence electrons. The van der Waals surface area contributed by atoms with Crippen molar-refractivity contribution in [2.45, 2.75) is 13.8 Å². The van der Waals surface area contributed by atoms with Crippen LogP contribution in [-0.4, -0.2) is 12.6 Å². The fraction of sp³-hybridized carbons (Fsp3) is 0.250. The lowest BCUT2D eigenvalue weighted by Gasteiger charge is -2.02. The molecular weight excluding hydrogens is 212 g/mol. The van der Waals surface area contributed by atoms with Gasteiger partial charge in [0.2, 0.25) is 0 Å². The van der Waals surface area contributed by atoms with Crippen LogP contribution in [0.2, 0.25) is 5.02 Å². The third-order valence-corrected chi connectivity index (χ3v) is 2.14. The molecule has 0 unspecified atom stereocenters. The van der Waals surface area contributed by atoms with E-state index in [-0.39, 0.29) is 5.97 Å². The summed E-state index contributed by atoms with van der Waals surface area (Å²) >= 11 is 5.84. The van der Waals surface area contributed by atoms with E-state index in [1.165, 1.54) is 6.08 Å². The van der Waals surface area contributed by atoms with Gasteiger partial charge in [0.1, 0.15) is 0 Å². The van der Waals surface area contributed by atoms with Crippen molar-refractivity contribution >= 4 is 23.1 Å². The minimum Gasteiger partial charge on any atom is -0.463 e. The molecule has 0 spiro atoms. The summed E-state index contributed by atoms with van der Waals surface area (Å²) in [5, 5.41) is 0.657. The van der Waals surface area contributed by atoms with E-state index in [1.54, 1.807) is 13.0 Å². The van der Waals surface area contributed by atoms with Gasteiger partial charge in [-0.1, -0.05) is 23.7 Å². The molecule has 3 heteroatoms. The zero-order valence-electron chi connectivity index (χ0n) is 8.79. The average molecular weight is 225 g/mol. The number of hydrogen-bond acceptors (Lipinski definition) is 2. The van der Waals surface area contributed by atoms with Crippen LogP contribution in [-0.2, 0) is 9.53 Å². The molecule has 0 atom stereocenters. The summed E-state index contributed by atoms with van der Waals surface area (Å²) in [5.41, 5.74) is 1.77. The third kappa shape index (κ3) is 3.76. The lowest BCUT2D eigenvalue weighted by Crippen LogP contribution is -2.00. The maximum atomic E-state index is 11.2. The Kier molecular flexibility index (Phi) is 4.37. The molecule has 0 heterocycles. The van der Waals surface area contributed by atoms with Crippen molar-refractivity contribution < 1.29 is 9.53 Å². The molecule has 0 N–H and O–H groups in total. The Labute approximate surface area is 94.5 Å².